The molecular formula is C18H24N2O3. The Kier molecular flexibility index (Phi) is 4.28. The van der Waals surface area contributed by atoms with Gasteiger partial charge in [-0.2, -0.15) is 5.10 Å². The van der Waals surface area contributed by atoms with Gasteiger partial charge in [0, 0.05) is 17.5 Å². The minimum Gasteiger partial charge on any atom is -0.497 e. The van der Waals surface area contributed by atoms with E-state index in [1.807, 2.05) is 12.1 Å². The molecule has 0 aliphatic heterocycles. The van der Waals surface area contributed by atoms with Crippen molar-refractivity contribution in [3.8, 4) is 11.5 Å². The molecule has 0 spiro atoms. The first-order valence-electron chi connectivity index (χ1n) is 8.15. The van der Waals surface area contributed by atoms with E-state index < -0.39 is 0 Å². The van der Waals surface area contributed by atoms with Crippen LogP contribution in [-0.4, -0.2) is 26.3 Å². The van der Waals surface area contributed by atoms with Crippen molar-refractivity contribution in [1.29, 1.82) is 0 Å². The summed E-state index contributed by atoms with van der Waals surface area (Å²) in [5.41, 5.74) is 3.70. The van der Waals surface area contributed by atoms with E-state index in [0.717, 1.165) is 17.7 Å². The van der Waals surface area contributed by atoms with E-state index >= 15 is 0 Å². The number of methoxy groups -OCH3 is 2. The third-order valence-corrected chi connectivity index (χ3v) is 5.43. The standard InChI is InChI=1S/C18H24N2O3/c1-18-9-5-4-6-14(18)16(18)17(21)20-19-11-12-7-8-13(22-2)10-15(12)23-3/h7-8,10-11,14,16H,4-6,9H2,1-3H3,(H,20,21)/b19-11-/t14-,16+,18-/m0/s1. The third-order valence-electron chi connectivity index (χ3n) is 5.43. The van der Waals surface area contributed by atoms with Gasteiger partial charge in [0.05, 0.1) is 20.4 Å². The monoisotopic (exact) mass is 316 g/mol. The van der Waals surface area contributed by atoms with Crippen LogP contribution in [0, 0.1) is 17.3 Å². The lowest BCUT2D eigenvalue weighted by molar-refractivity contribution is -0.123. The minimum atomic E-state index is 0.0446. The number of amides is 1. The van der Waals surface area contributed by atoms with E-state index in [1.165, 1.54) is 19.3 Å². The molecule has 2 aliphatic rings. The molecule has 3 rings (SSSR count). The molecule has 1 aromatic rings. The molecule has 0 aromatic heterocycles. The zero-order valence-corrected chi connectivity index (χ0v) is 14.0. The highest BCUT2D eigenvalue weighted by atomic mass is 16.5. The summed E-state index contributed by atoms with van der Waals surface area (Å²) in [5, 5.41) is 4.11. The molecule has 0 unspecified atom stereocenters. The Hall–Kier alpha value is -2.04. The van der Waals surface area contributed by atoms with E-state index in [1.54, 1.807) is 26.5 Å². The van der Waals surface area contributed by atoms with Crippen LogP contribution in [0.25, 0.3) is 0 Å². The maximum absolute atomic E-state index is 12.3. The summed E-state index contributed by atoms with van der Waals surface area (Å²) in [5.74, 6) is 2.09. The van der Waals surface area contributed by atoms with Crippen LogP contribution in [0.2, 0.25) is 0 Å². The van der Waals surface area contributed by atoms with E-state index in [-0.39, 0.29) is 17.2 Å². The summed E-state index contributed by atoms with van der Waals surface area (Å²) in [7, 11) is 3.21. The Bertz CT molecular complexity index is 629. The van der Waals surface area contributed by atoms with E-state index in [2.05, 4.69) is 17.5 Å². The van der Waals surface area contributed by atoms with Crippen LogP contribution in [-0.2, 0) is 4.79 Å². The molecule has 1 amide bonds. The SMILES string of the molecule is COc1ccc(/C=N\NC(=O)[C@H]2[C@@H]3CCCC[C@@]32C)c(OC)c1. The van der Waals surface area contributed by atoms with Crippen LogP contribution in [0.3, 0.4) is 0 Å². The molecule has 5 nitrogen and oxygen atoms in total. The number of carbonyl (C=O) groups excluding carboxylic acids is 1. The summed E-state index contributed by atoms with van der Waals surface area (Å²) in [6.07, 6.45) is 6.43. The van der Waals surface area contributed by atoms with Crippen LogP contribution < -0.4 is 14.9 Å². The lowest BCUT2D eigenvalue weighted by atomic mass is 9.90. The maximum Gasteiger partial charge on any atom is 0.244 e. The molecule has 5 heteroatoms. The number of nitrogens with one attached hydrogen (secondary N) is 1. The highest BCUT2D eigenvalue weighted by molar-refractivity contribution is 5.87. The number of benzene rings is 1. The van der Waals surface area contributed by atoms with Gasteiger partial charge in [-0.05, 0) is 36.3 Å². The van der Waals surface area contributed by atoms with Gasteiger partial charge in [0.1, 0.15) is 11.5 Å². The predicted molar refractivity (Wildman–Crippen MR) is 88.8 cm³/mol. The van der Waals surface area contributed by atoms with Crippen molar-refractivity contribution < 1.29 is 14.3 Å². The van der Waals surface area contributed by atoms with Crippen LogP contribution in [0.15, 0.2) is 23.3 Å². The molecule has 2 aliphatic carbocycles. The Labute approximate surface area is 137 Å². The largest absolute Gasteiger partial charge is 0.497 e. The zero-order valence-electron chi connectivity index (χ0n) is 14.0. The highest BCUT2D eigenvalue weighted by Crippen LogP contribution is 2.66. The normalized spacial score (nSPS) is 29.0. The number of hydrazone groups is 1. The number of nitrogens with zero attached hydrogens (tertiary/aromatic N) is 1. The third kappa shape index (κ3) is 2.92. The van der Waals surface area contributed by atoms with Crippen LogP contribution >= 0.6 is 0 Å². The van der Waals surface area contributed by atoms with Gasteiger partial charge < -0.3 is 9.47 Å². The number of fused-ring (bicyclic) bond motifs is 1. The van der Waals surface area contributed by atoms with Gasteiger partial charge in [0.25, 0.3) is 0 Å². The molecule has 23 heavy (non-hydrogen) atoms. The second-order valence-corrected chi connectivity index (χ2v) is 6.68. The van der Waals surface area contributed by atoms with Crippen molar-refractivity contribution in [2.75, 3.05) is 14.2 Å². The van der Waals surface area contributed by atoms with Gasteiger partial charge in [0.15, 0.2) is 0 Å². The Morgan fingerprint density at radius 2 is 2.17 bits per heavy atom. The number of rotatable bonds is 5. The number of hydrogen-bond acceptors (Lipinski definition) is 4. The van der Waals surface area contributed by atoms with Crippen LogP contribution in [0.5, 0.6) is 11.5 Å². The van der Waals surface area contributed by atoms with E-state index in [9.17, 15) is 4.79 Å². The number of carbonyl (C=O) groups is 1. The molecule has 2 saturated carbocycles. The first-order valence-corrected chi connectivity index (χ1v) is 8.15. The van der Waals surface area contributed by atoms with Crippen molar-refractivity contribution in [3.63, 3.8) is 0 Å². The zero-order chi connectivity index (χ0) is 16.4. The van der Waals surface area contributed by atoms with Crippen molar-refractivity contribution >= 4 is 12.1 Å². The van der Waals surface area contributed by atoms with E-state index in [0.29, 0.717) is 11.7 Å². The Morgan fingerprint density at radius 3 is 2.83 bits per heavy atom. The minimum absolute atomic E-state index is 0.0446. The van der Waals surface area contributed by atoms with Gasteiger partial charge in [0.2, 0.25) is 5.91 Å². The van der Waals surface area contributed by atoms with Crippen LogP contribution in [0.1, 0.15) is 38.2 Å². The lowest BCUT2D eigenvalue weighted by Gasteiger charge is -2.15. The topological polar surface area (TPSA) is 59.9 Å². The molecule has 1 N–H and O–H groups in total. The van der Waals surface area contributed by atoms with Gasteiger partial charge in [-0.3, -0.25) is 4.79 Å². The van der Waals surface area contributed by atoms with Crippen molar-refractivity contribution in [3.05, 3.63) is 23.8 Å². The quantitative estimate of drug-likeness (QED) is 0.671. The predicted octanol–water partition coefficient (Wildman–Crippen LogP) is 2.98. The van der Waals surface area contributed by atoms with Gasteiger partial charge in [-0.15, -0.1) is 0 Å². The second kappa shape index (κ2) is 6.22. The fourth-order valence-electron chi connectivity index (χ4n) is 4.01. The average molecular weight is 316 g/mol. The van der Waals surface area contributed by atoms with Crippen LogP contribution in [0.4, 0.5) is 0 Å². The lowest BCUT2D eigenvalue weighted by Crippen LogP contribution is -2.22. The fraction of sp³-hybridized carbons (Fsp3) is 0.556. The molecule has 0 radical (unpaired) electrons. The smallest absolute Gasteiger partial charge is 0.244 e. The number of ether oxygens (including phenoxy) is 2. The van der Waals surface area contributed by atoms with Crippen molar-refractivity contribution in [2.24, 2.45) is 22.4 Å². The molecule has 0 bridgehead atoms. The Balaban J connectivity index is 1.62. The summed E-state index contributed by atoms with van der Waals surface area (Å²) in [4.78, 5) is 12.3. The summed E-state index contributed by atoms with van der Waals surface area (Å²) in [6.45, 7) is 2.23. The summed E-state index contributed by atoms with van der Waals surface area (Å²) < 4.78 is 10.5. The summed E-state index contributed by atoms with van der Waals surface area (Å²) >= 11 is 0. The number of hydrogen-bond donors (Lipinski definition) is 1. The molecule has 0 saturated heterocycles. The second-order valence-electron chi connectivity index (χ2n) is 6.68. The molecular weight excluding hydrogens is 292 g/mol. The first kappa shape index (κ1) is 15.8. The molecule has 124 valence electrons. The molecule has 1 aromatic carbocycles. The van der Waals surface area contributed by atoms with Gasteiger partial charge >= 0.3 is 0 Å². The molecule has 0 heterocycles. The van der Waals surface area contributed by atoms with Gasteiger partial charge in [-0.1, -0.05) is 19.8 Å². The van der Waals surface area contributed by atoms with E-state index in [4.69, 9.17) is 9.47 Å². The molecule has 2 fully saturated rings. The Morgan fingerprint density at radius 1 is 1.35 bits per heavy atom. The highest BCUT2D eigenvalue weighted by Gasteiger charge is 2.64. The van der Waals surface area contributed by atoms with Crippen molar-refractivity contribution in [2.45, 2.75) is 32.6 Å². The summed E-state index contributed by atoms with van der Waals surface area (Å²) in [6, 6.07) is 5.48. The average Bonchev–Trinajstić information content (AvgIpc) is 3.20. The maximum atomic E-state index is 12.3. The van der Waals surface area contributed by atoms with Gasteiger partial charge in [-0.25, -0.2) is 5.43 Å². The first-order chi connectivity index (χ1) is 11.1. The fourth-order valence-corrected chi connectivity index (χ4v) is 4.01. The van der Waals surface area contributed by atoms with Crippen molar-refractivity contribution in [1.82, 2.24) is 5.43 Å². The molecule has 3 atom stereocenters.